The van der Waals surface area contributed by atoms with Crippen LogP contribution in [0.1, 0.15) is 24.8 Å². The normalized spacial score (nSPS) is 17.5. The van der Waals surface area contributed by atoms with Crippen LogP contribution in [0.25, 0.3) is 0 Å². The summed E-state index contributed by atoms with van der Waals surface area (Å²) in [5.74, 6) is -2.49. The molecule has 3 rings (SSSR count). The van der Waals surface area contributed by atoms with Crippen LogP contribution in [-0.4, -0.2) is 36.6 Å². The Kier molecular flexibility index (Phi) is 6.88. The number of sulfonamides is 1. The number of hydrogen-bond donors (Lipinski definition) is 3. The van der Waals surface area contributed by atoms with E-state index in [0.717, 1.165) is 11.8 Å². The molecule has 11 heteroatoms. The summed E-state index contributed by atoms with van der Waals surface area (Å²) < 4.78 is 22.6. The van der Waals surface area contributed by atoms with E-state index in [2.05, 4.69) is 15.6 Å². The Bertz CT molecular complexity index is 1130. The Morgan fingerprint density at radius 1 is 1.16 bits per heavy atom. The van der Waals surface area contributed by atoms with E-state index in [4.69, 9.17) is 5.14 Å². The first kappa shape index (κ1) is 22.7. The minimum absolute atomic E-state index is 0.0637. The molecular weight excluding hydrogens is 440 g/mol. The first-order valence-corrected chi connectivity index (χ1v) is 11.7. The molecule has 0 unspecified atom stereocenters. The van der Waals surface area contributed by atoms with Gasteiger partial charge in [0.25, 0.3) is 5.91 Å². The number of carbonyl (C=O) groups excluding carboxylic acids is 3. The largest absolute Gasteiger partial charge is 0.325 e. The van der Waals surface area contributed by atoms with E-state index in [9.17, 15) is 22.8 Å². The Morgan fingerprint density at radius 2 is 1.81 bits per heavy atom. The molecule has 0 aliphatic carbocycles. The molecule has 0 spiro atoms. The Hall–Kier alpha value is -3.02. The van der Waals surface area contributed by atoms with Gasteiger partial charge < -0.3 is 10.6 Å². The van der Waals surface area contributed by atoms with Crippen LogP contribution >= 0.6 is 11.8 Å². The summed E-state index contributed by atoms with van der Waals surface area (Å²) in [6.07, 6.45) is 0.400. The lowest BCUT2D eigenvalue weighted by molar-refractivity contribution is -0.129. The van der Waals surface area contributed by atoms with Gasteiger partial charge in [-0.25, -0.2) is 13.6 Å². The van der Waals surface area contributed by atoms with E-state index < -0.39 is 33.0 Å². The third-order valence-corrected chi connectivity index (χ3v) is 6.63. The smallest absolute Gasteiger partial charge is 0.265 e. The maximum atomic E-state index is 12.6. The molecule has 1 aliphatic heterocycles. The number of amides is 3. The molecule has 0 aromatic heterocycles. The van der Waals surface area contributed by atoms with E-state index in [1.807, 2.05) is 0 Å². The number of aliphatic imine (C=N–C) groups is 1. The maximum absolute atomic E-state index is 12.6. The van der Waals surface area contributed by atoms with Crippen LogP contribution in [0.3, 0.4) is 0 Å². The molecule has 1 heterocycles. The van der Waals surface area contributed by atoms with Gasteiger partial charge in [0, 0.05) is 5.69 Å². The second-order valence-corrected chi connectivity index (χ2v) is 9.41. The van der Waals surface area contributed by atoms with E-state index >= 15 is 0 Å². The van der Waals surface area contributed by atoms with Gasteiger partial charge in [-0.3, -0.25) is 14.4 Å². The van der Waals surface area contributed by atoms with E-state index in [1.165, 1.54) is 24.3 Å². The number of nitrogens with one attached hydrogen (secondary N) is 2. The monoisotopic (exact) mass is 460 g/mol. The first-order valence-electron chi connectivity index (χ1n) is 9.27. The quantitative estimate of drug-likeness (QED) is 0.558. The second kappa shape index (κ2) is 9.41. The zero-order valence-corrected chi connectivity index (χ0v) is 18.1. The predicted octanol–water partition coefficient (Wildman–Crippen LogP) is 1.58. The number of benzene rings is 2. The molecule has 3 amide bonds. The number of amidine groups is 1. The molecule has 4 N–H and O–H groups in total. The summed E-state index contributed by atoms with van der Waals surface area (Å²) in [5, 5.41) is 9.75. The highest BCUT2D eigenvalue weighted by Gasteiger charge is 2.34. The van der Waals surface area contributed by atoms with Crippen molar-refractivity contribution in [3.8, 4) is 0 Å². The fraction of sp³-hybridized carbons (Fsp3) is 0.200. The molecule has 0 saturated carbocycles. The summed E-state index contributed by atoms with van der Waals surface area (Å²) in [6.45, 7) is 1.78. The molecular formula is C20H20N4O5S2. The first-order chi connectivity index (χ1) is 14.7. The number of anilines is 1. The third kappa shape index (κ3) is 5.57. The molecule has 2 aromatic rings. The van der Waals surface area contributed by atoms with Crippen LogP contribution in [0.2, 0.25) is 0 Å². The topological polar surface area (TPSA) is 148 Å². The maximum Gasteiger partial charge on any atom is 0.265 e. The minimum atomic E-state index is -3.83. The van der Waals surface area contributed by atoms with Crippen molar-refractivity contribution in [3.63, 3.8) is 0 Å². The van der Waals surface area contributed by atoms with Gasteiger partial charge in [-0.15, -0.1) is 0 Å². The number of carbonyl (C=O) groups is 3. The van der Waals surface area contributed by atoms with Gasteiger partial charge in [-0.1, -0.05) is 49.0 Å². The van der Waals surface area contributed by atoms with Crippen molar-refractivity contribution in [3.05, 3.63) is 60.2 Å². The number of thioether (sulfide) groups is 1. The van der Waals surface area contributed by atoms with E-state index in [0.29, 0.717) is 17.7 Å². The molecule has 0 saturated heterocycles. The summed E-state index contributed by atoms with van der Waals surface area (Å²) >= 11 is 0.974. The van der Waals surface area contributed by atoms with Crippen molar-refractivity contribution in [2.24, 2.45) is 10.1 Å². The Balaban J connectivity index is 1.68. The van der Waals surface area contributed by atoms with Crippen LogP contribution in [0.4, 0.5) is 5.69 Å². The molecule has 0 radical (unpaired) electrons. The van der Waals surface area contributed by atoms with Crippen molar-refractivity contribution >= 4 is 50.4 Å². The molecule has 162 valence electrons. The third-order valence-electron chi connectivity index (χ3n) is 4.45. The van der Waals surface area contributed by atoms with Gasteiger partial charge in [0.15, 0.2) is 5.17 Å². The number of primary sulfonamides is 1. The molecule has 9 nitrogen and oxygen atoms in total. The van der Waals surface area contributed by atoms with Gasteiger partial charge in [0.05, 0.1) is 10.1 Å². The van der Waals surface area contributed by atoms with Gasteiger partial charge in [0.1, 0.15) is 5.92 Å². The Labute approximate surface area is 183 Å². The SMILES string of the molecule is CC[C@H](SC1=NC(=O)[C@H](c2ccccc2)C(=O)N1)C(=O)Nc1ccc(S(N)(=O)=O)cc1. The van der Waals surface area contributed by atoms with Crippen LogP contribution in [0, 0.1) is 0 Å². The lowest BCUT2D eigenvalue weighted by Crippen LogP contribution is -2.42. The highest BCUT2D eigenvalue weighted by Crippen LogP contribution is 2.25. The fourth-order valence-electron chi connectivity index (χ4n) is 2.89. The average Bonchev–Trinajstić information content (AvgIpc) is 2.72. The Morgan fingerprint density at radius 3 is 2.35 bits per heavy atom. The van der Waals surface area contributed by atoms with E-state index in [1.54, 1.807) is 37.3 Å². The van der Waals surface area contributed by atoms with Crippen molar-refractivity contribution in [2.45, 2.75) is 29.4 Å². The summed E-state index contributed by atoms with van der Waals surface area (Å²) in [5.41, 5.74) is 0.928. The lowest BCUT2D eigenvalue weighted by Gasteiger charge is -2.22. The number of nitrogens with zero attached hydrogens (tertiary/aromatic N) is 1. The van der Waals surface area contributed by atoms with Crippen LogP contribution in [0.5, 0.6) is 0 Å². The number of nitrogens with two attached hydrogens (primary N) is 1. The molecule has 1 aliphatic rings. The lowest BCUT2D eigenvalue weighted by atomic mass is 9.97. The van der Waals surface area contributed by atoms with Crippen LogP contribution in [0.15, 0.2) is 64.5 Å². The van der Waals surface area contributed by atoms with Gasteiger partial charge in [0.2, 0.25) is 21.8 Å². The van der Waals surface area contributed by atoms with Crippen LogP contribution in [-0.2, 0) is 24.4 Å². The molecule has 0 fully saturated rings. The van der Waals surface area contributed by atoms with Crippen molar-refractivity contribution in [1.82, 2.24) is 5.32 Å². The molecule has 31 heavy (non-hydrogen) atoms. The molecule has 2 aromatic carbocycles. The zero-order chi connectivity index (χ0) is 22.6. The molecule has 2 atom stereocenters. The average molecular weight is 461 g/mol. The highest BCUT2D eigenvalue weighted by molar-refractivity contribution is 8.15. The minimum Gasteiger partial charge on any atom is -0.325 e. The summed E-state index contributed by atoms with van der Waals surface area (Å²) in [4.78, 5) is 41.4. The van der Waals surface area contributed by atoms with Crippen molar-refractivity contribution < 1.29 is 22.8 Å². The standard InChI is InChI=1S/C20H20N4O5S2/c1-2-15(17(25)22-13-8-10-14(11-9-13)31(21,28)29)30-20-23-18(26)16(19(27)24-20)12-6-4-3-5-7-12/h3-11,15-16H,2H2,1H3,(H,22,25)(H2,21,28,29)(H,23,24,26,27)/t15-/m0/s1. The van der Waals surface area contributed by atoms with Crippen LogP contribution < -0.4 is 15.8 Å². The number of hydrogen-bond acceptors (Lipinski definition) is 6. The van der Waals surface area contributed by atoms with Crippen molar-refractivity contribution in [1.29, 1.82) is 0 Å². The van der Waals surface area contributed by atoms with Gasteiger partial charge >= 0.3 is 0 Å². The van der Waals surface area contributed by atoms with Crippen molar-refractivity contribution in [2.75, 3.05) is 5.32 Å². The highest BCUT2D eigenvalue weighted by atomic mass is 32.2. The summed E-state index contributed by atoms with van der Waals surface area (Å²) in [7, 11) is -3.83. The van der Waals surface area contributed by atoms with Gasteiger partial charge in [-0.2, -0.15) is 4.99 Å². The predicted molar refractivity (Wildman–Crippen MR) is 118 cm³/mol. The fourth-order valence-corrected chi connectivity index (χ4v) is 4.31. The van der Waals surface area contributed by atoms with Gasteiger partial charge in [-0.05, 0) is 36.2 Å². The zero-order valence-electron chi connectivity index (χ0n) is 16.4. The molecule has 0 bridgehead atoms. The second-order valence-electron chi connectivity index (χ2n) is 6.66. The number of rotatable bonds is 6. The summed E-state index contributed by atoms with van der Waals surface area (Å²) in [6, 6.07) is 14.0. The van der Waals surface area contributed by atoms with E-state index in [-0.39, 0.29) is 16.0 Å².